The number of carbonyl (C=O) groups excluding carboxylic acids is 3. The lowest BCUT2D eigenvalue weighted by atomic mass is 10.1. The number of hydrogen-bond acceptors (Lipinski definition) is 8. The maximum atomic E-state index is 13.2. The van der Waals surface area contributed by atoms with E-state index >= 15 is 0 Å². The monoisotopic (exact) mass is 470 g/mol. The third kappa shape index (κ3) is 5.47. The first-order valence-corrected chi connectivity index (χ1v) is 10.3. The second kappa shape index (κ2) is 10.6. The number of nitrogens with one attached hydrogen (secondary N) is 1. The van der Waals surface area contributed by atoms with Gasteiger partial charge < -0.3 is 18.9 Å². The third-order valence-electron chi connectivity index (χ3n) is 4.58. The van der Waals surface area contributed by atoms with Crippen LogP contribution in [0, 0.1) is 0 Å². The highest BCUT2D eigenvalue weighted by molar-refractivity contribution is 7.80. The molecule has 0 bridgehead atoms. The molecule has 9 nitrogen and oxygen atoms in total. The molecule has 1 aliphatic rings. The van der Waals surface area contributed by atoms with Crippen molar-refractivity contribution in [1.82, 2.24) is 5.32 Å². The Bertz CT molecular complexity index is 1110. The minimum absolute atomic E-state index is 0.0181. The maximum Gasteiger partial charge on any atom is 0.343 e. The van der Waals surface area contributed by atoms with Gasteiger partial charge in [-0.05, 0) is 67.2 Å². The highest BCUT2D eigenvalue weighted by Crippen LogP contribution is 2.30. The number of ether oxygens (including phenoxy) is 4. The van der Waals surface area contributed by atoms with Crippen LogP contribution in [0.3, 0.4) is 0 Å². The van der Waals surface area contributed by atoms with Gasteiger partial charge in [0.15, 0.2) is 23.2 Å². The molecule has 0 aromatic heterocycles. The highest BCUT2D eigenvalue weighted by Gasteiger charge is 2.34. The maximum absolute atomic E-state index is 13.2. The molecule has 33 heavy (non-hydrogen) atoms. The number of carbonyl (C=O) groups is 3. The molecule has 0 unspecified atom stereocenters. The Morgan fingerprint density at radius 1 is 1.06 bits per heavy atom. The minimum Gasteiger partial charge on any atom is -0.494 e. The Hall–Kier alpha value is -3.92. The molecule has 3 rings (SSSR count). The normalized spacial score (nSPS) is 14.7. The molecule has 1 N–H and O–H groups in total. The summed E-state index contributed by atoms with van der Waals surface area (Å²) in [6, 6.07) is 11.6. The van der Waals surface area contributed by atoms with Gasteiger partial charge in [0.1, 0.15) is 11.3 Å². The van der Waals surface area contributed by atoms with E-state index in [1.54, 1.807) is 42.5 Å². The molecule has 1 fully saturated rings. The standard InChI is InChI=1S/C23H22N2O7S/c1-4-31-16-8-6-15(7-9-16)25-22(28)17(21(27)24-23(25)33)11-14-5-10-18(19(12-14)29-2)32-13-20(26)30-3/h5-12H,4,13H2,1-3H3,(H,24,27,33)/b17-11-. The number of nitrogens with zero attached hydrogens (tertiary/aromatic N) is 1. The van der Waals surface area contributed by atoms with Gasteiger partial charge in [0.25, 0.3) is 11.8 Å². The van der Waals surface area contributed by atoms with E-state index in [1.165, 1.54) is 25.2 Å². The molecule has 10 heteroatoms. The van der Waals surface area contributed by atoms with Gasteiger partial charge in [-0.25, -0.2) is 4.79 Å². The Labute approximate surface area is 195 Å². The van der Waals surface area contributed by atoms with Crippen molar-refractivity contribution >= 4 is 46.9 Å². The summed E-state index contributed by atoms with van der Waals surface area (Å²) >= 11 is 5.22. The lowest BCUT2D eigenvalue weighted by Crippen LogP contribution is -2.54. The fourth-order valence-corrected chi connectivity index (χ4v) is 3.29. The van der Waals surface area contributed by atoms with E-state index in [1.807, 2.05) is 6.92 Å². The fourth-order valence-electron chi connectivity index (χ4n) is 3.01. The summed E-state index contributed by atoms with van der Waals surface area (Å²) in [5, 5.41) is 2.52. The molecule has 1 heterocycles. The Balaban J connectivity index is 1.88. The van der Waals surface area contributed by atoms with Crippen LogP contribution in [-0.4, -0.2) is 50.3 Å². The topological polar surface area (TPSA) is 103 Å². The first-order valence-electron chi connectivity index (χ1n) is 9.90. The number of hydrogen-bond donors (Lipinski definition) is 1. The van der Waals surface area contributed by atoms with Gasteiger partial charge in [0.05, 0.1) is 26.5 Å². The van der Waals surface area contributed by atoms with Crippen LogP contribution in [0.1, 0.15) is 12.5 Å². The molecule has 0 radical (unpaired) electrons. The van der Waals surface area contributed by atoms with Crippen LogP contribution in [0.15, 0.2) is 48.0 Å². The number of esters is 1. The summed E-state index contributed by atoms with van der Waals surface area (Å²) in [5.41, 5.74) is 0.890. The van der Waals surface area contributed by atoms with Crippen molar-refractivity contribution in [3.05, 3.63) is 53.6 Å². The smallest absolute Gasteiger partial charge is 0.343 e. The molecular formula is C23H22N2O7S. The summed E-state index contributed by atoms with van der Waals surface area (Å²) < 4.78 is 20.7. The van der Waals surface area contributed by atoms with Gasteiger partial charge in [0.2, 0.25) is 0 Å². The Kier molecular flexibility index (Phi) is 7.62. The van der Waals surface area contributed by atoms with Gasteiger partial charge >= 0.3 is 5.97 Å². The van der Waals surface area contributed by atoms with Crippen LogP contribution in [0.4, 0.5) is 5.69 Å². The van der Waals surface area contributed by atoms with E-state index in [4.69, 9.17) is 26.4 Å². The largest absolute Gasteiger partial charge is 0.494 e. The molecule has 0 aliphatic carbocycles. The average Bonchev–Trinajstić information content (AvgIpc) is 2.81. The van der Waals surface area contributed by atoms with Gasteiger partial charge in [0, 0.05) is 0 Å². The van der Waals surface area contributed by atoms with E-state index in [0.717, 1.165) is 0 Å². The molecule has 172 valence electrons. The molecular weight excluding hydrogens is 448 g/mol. The van der Waals surface area contributed by atoms with Crippen molar-refractivity contribution in [2.75, 3.05) is 32.3 Å². The second-order valence-electron chi connectivity index (χ2n) is 6.66. The van der Waals surface area contributed by atoms with E-state index in [2.05, 4.69) is 10.1 Å². The van der Waals surface area contributed by atoms with E-state index in [-0.39, 0.29) is 17.3 Å². The van der Waals surface area contributed by atoms with Gasteiger partial charge in [-0.15, -0.1) is 0 Å². The van der Waals surface area contributed by atoms with Crippen molar-refractivity contribution in [2.24, 2.45) is 0 Å². The minimum atomic E-state index is -0.614. The van der Waals surface area contributed by atoms with Crippen LogP contribution < -0.4 is 24.4 Å². The lowest BCUT2D eigenvalue weighted by molar-refractivity contribution is -0.143. The predicted molar refractivity (Wildman–Crippen MR) is 124 cm³/mol. The molecule has 0 spiro atoms. The highest BCUT2D eigenvalue weighted by atomic mass is 32.1. The molecule has 1 saturated heterocycles. The van der Waals surface area contributed by atoms with Crippen LogP contribution in [0.2, 0.25) is 0 Å². The third-order valence-corrected chi connectivity index (χ3v) is 4.86. The lowest BCUT2D eigenvalue weighted by Gasteiger charge is -2.29. The zero-order valence-corrected chi connectivity index (χ0v) is 19.1. The van der Waals surface area contributed by atoms with E-state index in [0.29, 0.717) is 35.1 Å². The van der Waals surface area contributed by atoms with Crippen molar-refractivity contribution < 1.29 is 33.3 Å². The number of amides is 2. The molecule has 0 atom stereocenters. The first kappa shape index (κ1) is 23.7. The summed E-state index contributed by atoms with van der Waals surface area (Å²) in [6.07, 6.45) is 1.42. The Morgan fingerprint density at radius 2 is 1.79 bits per heavy atom. The van der Waals surface area contributed by atoms with Crippen molar-refractivity contribution in [3.8, 4) is 17.2 Å². The number of methoxy groups -OCH3 is 2. The quantitative estimate of drug-likeness (QED) is 0.272. The molecule has 2 aromatic rings. The Morgan fingerprint density at radius 3 is 2.42 bits per heavy atom. The van der Waals surface area contributed by atoms with Gasteiger partial charge in [-0.1, -0.05) is 6.07 Å². The van der Waals surface area contributed by atoms with Gasteiger partial charge in [-0.3, -0.25) is 19.8 Å². The zero-order chi connectivity index (χ0) is 24.0. The molecule has 2 amide bonds. The van der Waals surface area contributed by atoms with Crippen LogP contribution >= 0.6 is 12.2 Å². The zero-order valence-electron chi connectivity index (χ0n) is 18.2. The predicted octanol–water partition coefficient (Wildman–Crippen LogP) is 2.48. The van der Waals surface area contributed by atoms with Crippen LogP contribution in [0.5, 0.6) is 17.2 Å². The van der Waals surface area contributed by atoms with E-state index < -0.39 is 17.8 Å². The average molecular weight is 471 g/mol. The second-order valence-corrected chi connectivity index (χ2v) is 7.05. The van der Waals surface area contributed by atoms with Gasteiger partial charge in [-0.2, -0.15) is 0 Å². The summed E-state index contributed by atoms with van der Waals surface area (Å²) in [7, 11) is 2.69. The number of benzene rings is 2. The fraction of sp³-hybridized carbons (Fsp3) is 0.217. The first-order chi connectivity index (χ1) is 15.9. The summed E-state index contributed by atoms with van der Waals surface area (Å²) in [6.45, 7) is 2.10. The summed E-state index contributed by atoms with van der Waals surface area (Å²) in [4.78, 5) is 38.2. The van der Waals surface area contributed by atoms with Crippen LogP contribution in [0.25, 0.3) is 6.08 Å². The van der Waals surface area contributed by atoms with Crippen molar-refractivity contribution in [3.63, 3.8) is 0 Å². The number of thiocarbonyl (C=S) groups is 1. The molecule has 2 aromatic carbocycles. The molecule has 1 aliphatic heterocycles. The number of anilines is 1. The number of rotatable bonds is 8. The van der Waals surface area contributed by atoms with Crippen LogP contribution in [-0.2, 0) is 19.1 Å². The summed E-state index contributed by atoms with van der Waals surface area (Å²) in [5.74, 6) is -0.455. The SMILES string of the molecule is CCOc1ccc(N2C(=O)/C(=C\c3ccc(OCC(=O)OC)c(OC)c3)C(=O)NC2=S)cc1. The van der Waals surface area contributed by atoms with E-state index in [9.17, 15) is 14.4 Å². The molecule has 0 saturated carbocycles. The van der Waals surface area contributed by atoms with Crippen molar-refractivity contribution in [1.29, 1.82) is 0 Å². The van der Waals surface area contributed by atoms with Crippen molar-refractivity contribution in [2.45, 2.75) is 6.92 Å².